The Labute approximate surface area is 92.8 Å². The maximum atomic E-state index is 11.0. The van der Waals surface area contributed by atoms with Gasteiger partial charge in [-0.15, -0.1) is 0 Å². The van der Waals surface area contributed by atoms with Crippen molar-refractivity contribution >= 4 is 11.6 Å². The van der Waals surface area contributed by atoms with Crippen LogP contribution in [0.1, 0.15) is 5.82 Å². The Balaban J connectivity index is 2.38. The van der Waals surface area contributed by atoms with Gasteiger partial charge in [0.25, 0.3) is 0 Å². The summed E-state index contributed by atoms with van der Waals surface area (Å²) in [5, 5.41) is 11.0. The summed E-state index contributed by atoms with van der Waals surface area (Å²) in [5.41, 5.74) is 0. The number of nitrogens with zero attached hydrogens (tertiary/aromatic N) is 4. The van der Waals surface area contributed by atoms with E-state index in [1.165, 1.54) is 4.57 Å². The first-order chi connectivity index (χ1) is 7.61. The number of nitro groups is 1. The van der Waals surface area contributed by atoms with Crippen molar-refractivity contribution in [2.45, 2.75) is 6.92 Å². The molecule has 88 valence electrons. The van der Waals surface area contributed by atoms with Gasteiger partial charge in [0.2, 0.25) is 5.82 Å². The molecule has 0 aliphatic carbocycles. The summed E-state index contributed by atoms with van der Waals surface area (Å²) in [6, 6.07) is 0. The van der Waals surface area contributed by atoms with Gasteiger partial charge in [0.05, 0.1) is 20.3 Å². The second kappa shape index (κ2) is 4.09. The molecule has 1 saturated heterocycles. The van der Waals surface area contributed by atoms with E-state index in [1.807, 2.05) is 4.90 Å². The van der Waals surface area contributed by atoms with Crippen molar-refractivity contribution in [3.05, 3.63) is 15.9 Å². The number of imidazole rings is 1. The van der Waals surface area contributed by atoms with Crippen LogP contribution in [0.25, 0.3) is 0 Å². The molecule has 16 heavy (non-hydrogen) atoms. The van der Waals surface area contributed by atoms with Crippen molar-refractivity contribution in [1.29, 1.82) is 0 Å². The highest BCUT2D eigenvalue weighted by Gasteiger charge is 2.28. The first-order valence-electron chi connectivity index (χ1n) is 5.11. The van der Waals surface area contributed by atoms with E-state index in [2.05, 4.69) is 4.98 Å². The number of hydrogen-bond donors (Lipinski definition) is 0. The topological polar surface area (TPSA) is 73.4 Å². The Morgan fingerprint density at radius 3 is 2.62 bits per heavy atom. The minimum atomic E-state index is -0.384. The lowest BCUT2D eigenvalue weighted by Gasteiger charge is -2.26. The van der Waals surface area contributed by atoms with Gasteiger partial charge < -0.3 is 19.8 Å². The number of ether oxygens (including phenoxy) is 1. The van der Waals surface area contributed by atoms with Crippen molar-refractivity contribution in [2.75, 3.05) is 31.2 Å². The van der Waals surface area contributed by atoms with Crippen LogP contribution in [0.2, 0.25) is 0 Å². The zero-order chi connectivity index (χ0) is 11.7. The van der Waals surface area contributed by atoms with Crippen LogP contribution in [0, 0.1) is 17.0 Å². The molecule has 2 heterocycles. The van der Waals surface area contributed by atoms with Crippen LogP contribution in [0.4, 0.5) is 11.6 Å². The Kier molecular flexibility index (Phi) is 2.78. The summed E-state index contributed by atoms with van der Waals surface area (Å²) in [5.74, 6) is 1.15. The third-order valence-corrected chi connectivity index (χ3v) is 2.75. The van der Waals surface area contributed by atoms with E-state index in [4.69, 9.17) is 4.74 Å². The summed E-state index contributed by atoms with van der Waals surface area (Å²) >= 11 is 0. The lowest BCUT2D eigenvalue weighted by Crippen LogP contribution is -2.36. The highest BCUT2D eigenvalue weighted by Crippen LogP contribution is 2.28. The number of rotatable bonds is 2. The summed E-state index contributed by atoms with van der Waals surface area (Å²) < 4.78 is 6.72. The average molecular weight is 226 g/mol. The van der Waals surface area contributed by atoms with Crippen molar-refractivity contribution in [1.82, 2.24) is 9.55 Å². The maximum Gasteiger partial charge on any atom is 0.367 e. The van der Waals surface area contributed by atoms with E-state index in [0.29, 0.717) is 37.9 Å². The number of morpholine rings is 1. The second-order valence-electron chi connectivity index (χ2n) is 3.72. The number of aromatic nitrogens is 2. The zero-order valence-electron chi connectivity index (χ0n) is 9.34. The summed E-state index contributed by atoms with van der Waals surface area (Å²) in [7, 11) is 1.66. The molecule has 2 rings (SSSR count). The van der Waals surface area contributed by atoms with Gasteiger partial charge in [-0.05, 0) is 4.92 Å². The third kappa shape index (κ3) is 1.73. The largest absolute Gasteiger partial charge is 0.378 e. The monoisotopic (exact) mass is 226 g/mol. The Bertz CT molecular complexity index is 409. The smallest absolute Gasteiger partial charge is 0.367 e. The summed E-state index contributed by atoms with van der Waals surface area (Å²) in [4.78, 5) is 16.7. The highest BCUT2D eigenvalue weighted by atomic mass is 16.6. The van der Waals surface area contributed by atoms with Gasteiger partial charge in [-0.1, -0.05) is 0 Å². The van der Waals surface area contributed by atoms with Gasteiger partial charge in [0.1, 0.15) is 0 Å². The fraction of sp³-hybridized carbons (Fsp3) is 0.667. The fourth-order valence-corrected chi connectivity index (χ4v) is 1.77. The van der Waals surface area contributed by atoms with Crippen LogP contribution in [-0.4, -0.2) is 40.8 Å². The zero-order valence-corrected chi connectivity index (χ0v) is 9.34. The van der Waals surface area contributed by atoms with Gasteiger partial charge in [0.15, 0.2) is 5.82 Å². The van der Waals surface area contributed by atoms with E-state index in [9.17, 15) is 10.1 Å². The second-order valence-corrected chi connectivity index (χ2v) is 3.72. The van der Waals surface area contributed by atoms with Gasteiger partial charge in [-0.2, -0.15) is 4.98 Å². The molecule has 0 aromatic carbocycles. The molecular formula is C9H14N4O3. The molecule has 0 saturated carbocycles. The molecule has 1 fully saturated rings. The first-order valence-corrected chi connectivity index (χ1v) is 5.11. The molecular weight excluding hydrogens is 212 g/mol. The van der Waals surface area contributed by atoms with Crippen LogP contribution < -0.4 is 4.90 Å². The molecule has 0 N–H and O–H groups in total. The maximum absolute atomic E-state index is 11.0. The highest BCUT2D eigenvalue weighted by molar-refractivity contribution is 5.55. The average Bonchev–Trinajstić information content (AvgIpc) is 2.57. The van der Waals surface area contributed by atoms with Crippen LogP contribution >= 0.6 is 0 Å². The molecule has 1 aromatic heterocycles. The molecule has 0 atom stereocenters. The minimum absolute atomic E-state index is 0.0550. The Morgan fingerprint density at radius 1 is 1.44 bits per heavy atom. The van der Waals surface area contributed by atoms with Crippen molar-refractivity contribution < 1.29 is 9.66 Å². The third-order valence-electron chi connectivity index (χ3n) is 2.75. The molecule has 1 aliphatic rings. The molecule has 0 radical (unpaired) electrons. The molecule has 7 heteroatoms. The van der Waals surface area contributed by atoms with Crippen LogP contribution in [0.15, 0.2) is 0 Å². The molecule has 0 unspecified atom stereocenters. The quantitative estimate of drug-likeness (QED) is 0.541. The first kappa shape index (κ1) is 10.9. The SMILES string of the molecule is Cc1nc(N2CCOCC2)c([N+](=O)[O-])n1C. The molecule has 1 aliphatic heterocycles. The molecule has 7 nitrogen and oxygen atoms in total. The van der Waals surface area contributed by atoms with Crippen LogP contribution in [0.3, 0.4) is 0 Å². The van der Waals surface area contributed by atoms with Gasteiger partial charge >= 0.3 is 5.82 Å². The molecule has 1 aromatic rings. The lowest BCUT2D eigenvalue weighted by atomic mass is 10.4. The predicted octanol–water partition coefficient (Wildman–Crippen LogP) is 0.473. The van der Waals surface area contributed by atoms with E-state index in [1.54, 1.807) is 14.0 Å². The van der Waals surface area contributed by atoms with Crippen LogP contribution in [-0.2, 0) is 11.8 Å². The molecule has 0 bridgehead atoms. The normalized spacial score (nSPS) is 16.5. The van der Waals surface area contributed by atoms with Crippen molar-refractivity contribution in [2.24, 2.45) is 7.05 Å². The standard InChI is InChI=1S/C9H14N4O3/c1-7-10-8(9(11(7)2)13(14)15)12-3-5-16-6-4-12/h3-6H2,1-2H3. The predicted molar refractivity (Wildman–Crippen MR) is 57.6 cm³/mol. The van der Waals surface area contributed by atoms with E-state index in [-0.39, 0.29) is 10.7 Å². The summed E-state index contributed by atoms with van der Waals surface area (Å²) in [6.45, 7) is 4.24. The van der Waals surface area contributed by atoms with Gasteiger partial charge in [0, 0.05) is 20.0 Å². The van der Waals surface area contributed by atoms with E-state index < -0.39 is 0 Å². The molecule has 0 amide bonds. The Morgan fingerprint density at radius 2 is 2.06 bits per heavy atom. The molecule has 0 spiro atoms. The van der Waals surface area contributed by atoms with Crippen LogP contribution in [0.5, 0.6) is 0 Å². The minimum Gasteiger partial charge on any atom is -0.378 e. The van der Waals surface area contributed by atoms with Gasteiger partial charge in [-0.3, -0.25) is 0 Å². The Hall–Kier alpha value is -1.63. The van der Waals surface area contributed by atoms with E-state index >= 15 is 0 Å². The fourth-order valence-electron chi connectivity index (χ4n) is 1.77. The van der Waals surface area contributed by atoms with Crippen molar-refractivity contribution in [3.8, 4) is 0 Å². The van der Waals surface area contributed by atoms with Gasteiger partial charge in [-0.25, -0.2) is 4.57 Å². The van der Waals surface area contributed by atoms with Crippen molar-refractivity contribution in [3.63, 3.8) is 0 Å². The number of anilines is 1. The number of aryl methyl sites for hydroxylation is 1. The number of hydrogen-bond acceptors (Lipinski definition) is 5. The van der Waals surface area contributed by atoms with E-state index in [0.717, 1.165) is 0 Å². The lowest BCUT2D eigenvalue weighted by molar-refractivity contribution is -0.391. The summed E-state index contributed by atoms with van der Waals surface area (Å²) in [6.07, 6.45) is 0.